The number of carbonyl (C=O) groups is 3. The number of nitrogens with one attached hydrogen (secondary N) is 1. The van der Waals surface area contributed by atoms with Gasteiger partial charge in [0.1, 0.15) is 6.10 Å². The number of benzene rings is 2. The molecule has 1 atom stereocenters. The van der Waals surface area contributed by atoms with Gasteiger partial charge in [-0.3, -0.25) is 14.4 Å². The SMILES string of the molecule is CCCCCC[C@H](C/C=C\CCCCCCCC(=O)OCC(=O)NCc1cc(OC)c(O)cc1C)OC(=O)Cc1ccccc1. The summed E-state index contributed by atoms with van der Waals surface area (Å²) < 4.78 is 16.1. The molecular formula is C37H53NO7. The van der Waals surface area contributed by atoms with Gasteiger partial charge < -0.3 is 24.6 Å². The van der Waals surface area contributed by atoms with Gasteiger partial charge in [0.15, 0.2) is 18.1 Å². The van der Waals surface area contributed by atoms with Gasteiger partial charge in [-0.15, -0.1) is 0 Å². The Morgan fingerprint density at radius 3 is 2.40 bits per heavy atom. The Kier molecular flexibility index (Phi) is 18.8. The zero-order valence-electron chi connectivity index (χ0n) is 27.5. The number of aryl methyl sites for hydroxylation is 1. The molecule has 0 aliphatic carbocycles. The lowest BCUT2D eigenvalue weighted by Crippen LogP contribution is -2.28. The van der Waals surface area contributed by atoms with Gasteiger partial charge in [0, 0.05) is 19.4 Å². The third-order valence-corrected chi connectivity index (χ3v) is 7.66. The first-order chi connectivity index (χ1) is 21.8. The van der Waals surface area contributed by atoms with E-state index in [2.05, 4.69) is 24.4 Å². The highest BCUT2D eigenvalue weighted by Gasteiger charge is 2.14. The van der Waals surface area contributed by atoms with Crippen molar-refractivity contribution >= 4 is 17.8 Å². The maximum Gasteiger partial charge on any atom is 0.310 e. The molecule has 2 aromatic carbocycles. The fourth-order valence-corrected chi connectivity index (χ4v) is 4.97. The van der Waals surface area contributed by atoms with E-state index in [-0.39, 0.29) is 42.9 Å². The van der Waals surface area contributed by atoms with Gasteiger partial charge in [-0.25, -0.2) is 0 Å². The number of esters is 2. The highest BCUT2D eigenvalue weighted by atomic mass is 16.5. The molecule has 0 aliphatic rings. The third kappa shape index (κ3) is 16.7. The fraction of sp³-hybridized carbons (Fsp3) is 0.541. The lowest BCUT2D eigenvalue weighted by atomic mass is 10.1. The van der Waals surface area contributed by atoms with Gasteiger partial charge in [-0.05, 0) is 67.9 Å². The number of hydrogen-bond acceptors (Lipinski definition) is 7. The van der Waals surface area contributed by atoms with Crippen LogP contribution in [-0.2, 0) is 36.8 Å². The van der Waals surface area contributed by atoms with E-state index in [9.17, 15) is 19.5 Å². The number of aromatic hydroxyl groups is 1. The second-order valence-corrected chi connectivity index (χ2v) is 11.5. The van der Waals surface area contributed by atoms with Crippen molar-refractivity contribution in [3.8, 4) is 11.5 Å². The van der Waals surface area contributed by atoms with Crippen LogP contribution in [-0.4, -0.2) is 42.8 Å². The van der Waals surface area contributed by atoms with Gasteiger partial charge in [0.2, 0.25) is 0 Å². The number of carbonyl (C=O) groups excluding carboxylic acids is 3. The number of phenolic OH excluding ortho intramolecular Hbond substituents is 1. The van der Waals surface area contributed by atoms with Crippen molar-refractivity contribution in [3.63, 3.8) is 0 Å². The van der Waals surface area contributed by atoms with Crippen molar-refractivity contribution in [2.45, 2.75) is 116 Å². The van der Waals surface area contributed by atoms with E-state index in [1.165, 1.54) is 20.0 Å². The Morgan fingerprint density at radius 1 is 0.911 bits per heavy atom. The first-order valence-electron chi connectivity index (χ1n) is 16.5. The second kappa shape index (κ2) is 22.7. The lowest BCUT2D eigenvalue weighted by Gasteiger charge is -2.16. The average Bonchev–Trinajstić information content (AvgIpc) is 3.02. The van der Waals surface area contributed by atoms with Crippen LogP contribution in [0.5, 0.6) is 11.5 Å². The molecule has 0 bridgehead atoms. The minimum Gasteiger partial charge on any atom is -0.504 e. The molecule has 1 amide bonds. The molecule has 0 aromatic heterocycles. The first kappa shape index (κ1) is 37.4. The number of unbranched alkanes of at least 4 members (excludes halogenated alkanes) is 8. The van der Waals surface area contributed by atoms with E-state index in [0.717, 1.165) is 80.9 Å². The molecule has 0 spiro atoms. The first-order valence-corrected chi connectivity index (χ1v) is 16.5. The van der Waals surface area contributed by atoms with E-state index >= 15 is 0 Å². The van der Waals surface area contributed by atoms with Gasteiger partial charge in [-0.2, -0.15) is 0 Å². The summed E-state index contributed by atoms with van der Waals surface area (Å²) in [7, 11) is 1.47. The molecule has 8 nitrogen and oxygen atoms in total. The molecule has 248 valence electrons. The second-order valence-electron chi connectivity index (χ2n) is 11.5. The lowest BCUT2D eigenvalue weighted by molar-refractivity contribution is -0.149. The number of hydrogen-bond donors (Lipinski definition) is 2. The van der Waals surface area contributed by atoms with Crippen molar-refractivity contribution in [2.24, 2.45) is 0 Å². The van der Waals surface area contributed by atoms with E-state index < -0.39 is 0 Å². The molecule has 0 saturated heterocycles. The number of rotatable bonds is 23. The van der Waals surface area contributed by atoms with Crippen molar-refractivity contribution in [2.75, 3.05) is 13.7 Å². The summed E-state index contributed by atoms with van der Waals surface area (Å²) in [5, 5.41) is 12.5. The molecule has 2 rings (SSSR count). The number of methoxy groups -OCH3 is 1. The van der Waals surface area contributed by atoms with Crippen molar-refractivity contribution in [1.29, 1.82) is 0 Å². The molecule has 2 N–H and O–H groups in total. The summed E-state index contributed by atoms with van der Waals surface area (Å²) in [5.74, 6) is -0.530. The minimum absolute atomic E-state index is 0.0452. The summed E-state index contributed by atoms with van der Waals surface area (Å²) in [5.41, 5.74) is 2.60. The van der Waals surface area contributed by atoms with E-state index in [1.807, 2.05) is 37.3 Å². The van der Waals surface area contributed by atoms with Crippen LogP contribution in [0.1, 0.15) is 107 Å². The molecule has 0 unspecified atom stereocenters. The summed E-state index contributed by atoms with van der Waals surface area (Å²) in [4.78, 5) is 36.6. The molecule has 0 radical (unpaired) electrons. The van der Waals surface area contributed by atoms with Crippen molar-refractivity contribution < 1.29 is 33.7 Å². The Hall–Kier alpha value is -3.81. The van der Waals surface area contributed by atoms with Gasteiger partial charge in [-0.1, -0.05) is 87.9 Å². The van der Waals surface area contributed by atoms with Crippen LogP contribution in [0.2, 0.25) is 0 Å². The number of amides is 1. The van der Waals surface area contributed by atoms with Gasteiger partial charge >= 0.3 is 11.9 Å². The maximum absolute atomic E-state index is 12.5. The number of ether oxygens (including phenoxy) is 3. The Morgan fingerprint density at radius 2 is 1.64 bits per heavy atom. The monoisotopic (exact) mass is 623 g/mol. The smallest absolute Gasteiger partial charge is 0.310 e. The van der Waals surface area contributed by atoms with Crippen LogP contribution in [0.25, 0.3) is 0 Å². The Balaban J connectivity index is 1.54. The Labute approximate surface area is 269 Å². The van der Waals surface area contributed by atoms with E-state index in [0.29, 0.717) is 18.6 Å². The molecule has 0 aliphatic heterocycles. The topological polar surface area (TPSA) is 111 Å². The largest absolute Gasteiger partial charge is 0.504 e. The normalized spacial score (nSPS) is 11.7. The zero-order valence-corrected chi connectivity index (χ0v) is 27.5. The van der Waals surface area contributed by atoms with Gasteiger partial charge in [0.25, 0.3) is 5.91 Å². The number of allylic oxidation sites excluding steroid dienone is 1. The predicted octanol–water partition coefficient (Wildman–Crippen LogP) is 7.67. The third-order valence-electron chi connectivity index (χ3n) is 7.66. The minimum atomic E-state index is -0.379. The van der Waals surface area contributed by atoms with E-state index in [1.54, 1.807) is 12.1 Å². The average molecular weight is 624 g/mol. The highest BCUT2D eigenvalue weighted by Crippen LogP contribution is 2.29. The zero-order chi connectivity index (χ0) is 32.7. The van der Waals surface area contributed by atoms with Crippen molar-refractivity contribution in [1.82, 2.24) is 5.32 Å². The Bertz CT molecular complexity index is 1180. The van der Waals surface area contributed by atoms with Gasteiger partial charge in [0.05, 0.1) is 13.5 Å². The molecule has 0 saturated carbocycles. The molecule has 45 heavy (non-hydrogen) atoms. The van der Waals surface area contributed by atoms with Crippen LogP contribution in [0.15, 0.2) is 54.6 Å². The van der Waals surface area contributed by atoms with Crippen molar-refractivity contribution in [3.05, 3.63) is 71.3 Å². The molecule has 0 fully saturated rings. The molecule has 8 heteroatoms. The quantitative estimate of drug-likeness (QED) is 0.0742. The predicted molar refractivity (Wildman–Crippen MR) is 177 cm³/mol. The summed E-state index contributed by atoms with van der Waals surface area (Å²) in [6.07, 6.45) is 17.0. The summed E-state index contributed by atoms with van der Waals surface area (Å²) in [6, 6.07) is 13.0. The summed E-state index contributed by atoms with van der Waals surface area (Å²) in [6.45, 7) is 3.96. The fourth-order valence-electron chi connectivity index (χ4n) is 4.97. The standard InChI is InChI=1S/C37H53NO7/c1-4-5-6-16-21-32(45-37(42)25-30-19-14-13-15-20-30)22-17-11-9-7-8-10-12-18-23-36(41)44-28-35(40)38-27-31-26-34(43-3)33(39)24-29(31)2/h11,13-15,17,19-20,24,26,32,39H,4-10,12,16,18,21-23,25,27-28H2,1-3H3,(H,38,40)/b17-11-/t32-/m1/s1. The maximum atomic E-state index is 12.5. The van der Waals surface area contributed by atoms with Crippen LogP contribution < -0.4 is 10.1 Å². The van der Waals surface area contributed by atoms with Crippen LogP contribution in [0.4, 0.5) is 0 Å². The van der Waals surface area contributed by atoms with Crippen LogP contribution >= 0.6 is 0 Å². The highest BCUT2D eigenvalue weighted by molar-refractivity contribution is 5.80. The molecule has 0 heterocycles. The van der Waals surface area contributed by atoms with Crippen LogP contribution in [0, 0.1) is 6.92 Å². The summed E-state index contributed by atoms with van der Waals surface area (Å²) >= 11 is 0. The van der Waals surface area contributed by atoms with Crippen LogP contribution in [0.3, 0.4) is 0 Å². The van der Waals surface area contributed by atoms with E-state index in [4.69, 9.17) is 14.2 Å². The molecule has 2 aromatic rings. The number of phenols is 1. The molecular weight excluding hydrogens is 570 g/mol.